The highest BCUT2D eigenvalue weighted by atomic mass is 35.5. The van der Waals surface area contributed by atoms with E-state index in [1.165, 1.54) is 0 Å². The van der Waals surface area contributed by atoms with Crippen LogP contribution in [-0.4, -0.2) is 6.54 Å². The van der Waals surface area contributed by atoms with Gasteiger partial charge in [-0.3, -0.25) is 0 Å². The monoisotopic (exact) mass is 219 g/mol. The fraction of sp³-hybridized carbons (Fsp3) is 0.250. The predicted molar refractivity (Wildman–Crippen MR) is 56.9 cm³/mol. The number of nitrogen functional groups attached to an aromatic ring is 1. The first-order chi connectivity index (χ1) is 6.06. The summed E-state index contributed by atoms with van der Waals surface area (Å²) in [6.45, 7) is 0.344. The summed E-state index contributed by atoms with van der Waals surface area (Å²) in [5.74, 6) is 0. The average molecular weight is 220 g/mol. The maximum atomic E-state index is 5.81. The van der Waals surface area contributed by atoms with Crippen LogP contribution in [0.3, 0.4) is 0 Å². The third kappa shape index (κ3) is 2.25. The number of rotatable bonds is 2. The summed E-state index contributed by atoms with van der Waals surface area (Å²) in [6.07, 6.45) is 0. The van der Waals surface area contributed by atoms with E-state index in [9.17, 15) is 0 Å². The van der Waals surface area contributed by atoms with E-state index >= 15 is 0 Å². The summed E-state index contributed by atoms with van der Waals surface area (Å²) in [4.78, 5) is 0. The van der Waals surface area contributed by atoms with Gasteiger partial charge in [-0.25, -0.2) is 0 Å². The summed E-state index contributed by atoms with van der Waals surface area (Å²) >= 11 is 11.6. The molecule has 5 heteroatoms. The molecule has 1 rings (SSSR count). The van der Waals surface area contributed by atoms with Crippen LogP contribution in [0.5, 0.6) is 0 Å². The fourth-order valence-corrected chi connectivity index (χ4v) is 1.46. The molecule has 1 atom stereocenters. The van der Waals surface area contributed by atoms with Crippen LogP contribution in [0.15, 0.2) is 12.1 Å². The number of halogens is 2. The van der Waals surface area contributed by atoms with Gasteiger partial charge in [0.05, 0.1) is 15.7 Å². The predicted octanol–water partition coefficient (Wildman–Crippen LogP) is 1.53. The molecule has 0 saturated carbocycles. The van der Waals surface area contributed by atoms with Gasteiger partial charge in [-0.05, 0) is 17.7 Å². The Balaban J connectivity index is 3.13. The number of anilines is 1. The van der Waals surface area contributed by atoms with Crippen LogP contribution in [0.4, 0.5) is 5.69 Å². The molecule has 1 aromatic rings. The van der Waals surface area contributed by atoms with Crippen LogP contribution in [0, 0.1) is 0 Å². The SMILES string of the molecule is NC[C@@H](N)c1cc(Cl)c(N)c(Cl)c1. The lowest BCUT2D eigenvalue weighted by Gasteiger charge is -2.11. The van der Waals surface area contributed by atoms with E-state index in [0.717, 1.165) is 5.56 Å². The minimum atomic E-state index is -0.254. The highest BCUT2D eigenvalue weighted by molar-refractivity contribution is 6.38. The summed E-state index contributed by atoms with van der Waals surface area (Å²) in [7, 11) is 0. The van der Waals surface area contributed by atoms with Gasteiger partial charge in [0, 0.05) is 12.6 Å². The Hall–Kier alpha value is -0.480. The van der Waals surface area contributed by atoms with E-state index in [2.05, 4.69) is 0 Å². The first-order valence-corrected chi connectivity index (χ1v) is 4.52. The van der Waals surface area contributed by atoms with Crippen molar-refractivity contribution < 1.29 is 0 Å². The third-order valence-electron chi connectivity index (χ3n) is 1.78. The Morgan fingerprint density at radius 3 is 2.08 bits per heavy atom. The minimum absolute atomic E-state index is 0.254. The van der Waals surface area contributed by atoms with E-state index in [1.54, 1.807) is 12.1 Å². The molecule has 0 fully saturated rings. The molecule has 6 N–H and O–H groups in total. The Kier molecular flexibility index (Phi) is 3.39. The van der Waals surface area contributed by atoms with Crippen molar-refractivity contribution in [2.24, 2.45) is 11.5 Å². The minimum Gasteiger partial charge on any atom is -0.396 e. The maximum absolute atomic E-state index is 5.81. The molecule has 0 bridgehead atoms. The van der Waals surface area contributed by atoms with Gasteiger partial charge in [0.2, 0.25) is 0 Å². The molecule has 3 nitrogen and oxygen atoms in total. The van der Waals surface area contributed by atoms with Crippen LogP contribution in [0.1, 0.15) is 11.6 Å². The number of nitrogens with two attached hydrogens (primary N) is 3. The van der Waals surface area contributed by atoms with Gasteiger partial charge >= 0.3 is 0 Å². The largest absolute Gasteiger partial charge is 0.396 e. The van der Waals surface area contributed by atoms with Crippen molar-refractivity contribution in [2.45, 2.75) is 6.04 Å². The molecule has 0 aliphatic carbocycles. The normalized spacial score (nSPS) is 12.9. The molecular formula is C8H11Cl2N3. The lowest BCUT2D eigenvalue weighted by Crippen LogP contribution is -2.20. The number of hydrogen-bond acceptors (Lipinski definition) is 3. The van der Waals surface area contributed by atoms with E-state index in [4.69, 9.17) is 40.4 Å². The van der Waals surface area contributed by atoms with E-state index in [0.29, 0.717) is 22.3 Å². The molecule has 1 aromatic carbocycles. The molecule has 13 heavy (non-hydrogen) atoms. The Morgan fingerprint density at radius 2 is 1.69 bits per heavy atom. The molecule has 0 heterocycles. The summed E-state index contributed by atoms with van der Waals surface area (Å²) in [5, 5.41) is 0.817. The second kappa shape index (κ2) is 4.15. The molecule has 0 aliphatic rings. The average Bonchev–Trinajstić information content (AvgIpc) is 2.12. The lowest BCUT2D eigenvalue weighted by atomic mass is 10.1. The Morgan fingerprint density at radius 1 is 1.23 bits per heavy atom. The smallest absolute Gasteiger partial charge is 0.0693 e. The van der Waals surface area contributed by atoms with Crippen molar-refractivity contribution in [3.05, 3.63) is 27.7 Å². The van der Waals surface area contributed by atoms with Crippen molar-refractivity contribution in [2.75, 3.05) is 12.3 Å². The maximum Gasteiger partial charge on any atom is 0.0693 e. The second-order valence-electron chi connectivity index (χ2n) is 2.74. The van der Waals surface area contributed by atoms with Gasteiger partial charge in [0.15, 0.2) is 0 Å². The van der Waals surface area contributed by atoms with Crippen molar-refractivity contribution in [3.8, 4) is 0 Å². The number of hydrogen-bond donors (Lipinski definition) is 3. The molecule has 0 aromatic heterocycles. The van der Waals surface area contributed by atoms with Crippen LogP contribution >= 0.6 is 23.2 Å². The highest BCUT2D eigenvalue weighted by Gasteiger charge is 2.09. The van der Waals surface area contributed by atoms with Gasteiger partial charge < -0.3 is 17.2 Å². The summed E-state index contributed by atoms with van der Waals surface area (Å²) in [5.41, 5.74) is 17.8. The van der Waals surface area contributed by atoms with Gasteiger partial charge in [-0.1, -0.05) is 23.2 Å². The zero-order valence-electron chi connectivity index (χ0n) is 6.93. The lowest BCUT2D eigenvalue weighted by molar-refractivity contribution is 0.737. The zero-order chi connectivity index (χ0) is 10.0. The molecule has 0 spiro atoms. The van der Waals surface area contributed by atoms with Crippen molar-refractivity contribution in [1.29, 1.82) is 0 Å². The van der Waals surface area contributed by atoms with Crippen molar-refractivity contribution in [1.82, 2.24) is 0 Å². The molecular weight excluding hydrogens is 209 g/mol. The van der Waals surface area contributed by atoms with Crippen LogP contribution < -0.4 is 17.2 Å². The van der Waals surface area contributed by atoms with E-state index in [-0.39, 0.29) is 6.04 Å². The van der Waals surface area contributed by atoms with Crippen molar-refractivity contribution >= 4 is 28.9 Å². The van der Waals surface area contributed by atoms with Crippen LogP contribution in [0.25, 0.3) is 0 Å². The van der Waals surface area contributed by atoms with Gasteiger partial charge in [-0.2, -0.15) is 0 Å². The van der Waals surface area contributed by atoms with E-state index in [1.807, 2.05) is 0 Å². The molecule has 0 saturated heterocycles. The standard InChI is InChI=1S/C8H11Cl2N3/c9-5-1-4(7(12)3-11)2-6(10)8(5)13/h1-2,7H,3,11-13H2/t7-/m1/s1. The Labute approximate surface area is 86.8 Å². The van der Waals surface area contributed by atoms with Gasteiger partial charge in [-0.15, -0.1) is 0 Å². The first kappa shape index (κ1) is 10.6. The van der Waals surface area contributed by atoms with Crippen molar-refractivity contribution in [3.63, 3.8) is 0 Å². The quantitative estimate of drug-likeness (QED) is 0.661. The zero-order valence-corrected chi connectivity index (χ0v) is 8.44. The molecule has 0 amide bonds. The molecule has 0 aliphatic heterocycles. The Bertz CT molecular complexity index is 291. The second-order valence-corrected chi connectivity index (χ2v) is 3.55. The topological polar surface area (TPSA) is 78.1 Å². The fourth-order valence-electron chi connectivity index (χ4n) is 0.954. The van der Waals surface area contributed by atoms with Crippen LogP contribution in [0.2, 0.25) is 10.0 Å². The summed E-state index contributed by atoms with van der Waals surface area (Å²) < 4.78 is 0. The highest BCUT2D eigenvalue weighted by Crippen LogP contribution is 2.30. The first-order valence-electron chi connectivity index (χ1n) is 3.76. The van der Waals surface area contributed by atoms with Gasteiger partial charge in [0.1, 0.15) is 0 Å². The summed E-state index contributed by atoms with van der Waals surface area (Å²) in [6, 6.07) is 3.11. The number of benzene rings is 1. The van der Waals surface area contributed by atoms with E-state index < -0.39 is 0 Å². The third-order valence-corrected chi connectivity index (χ3v) is 2.41. The molecule has 0 radical (unpaired) electrons. The van der Waals surface area contributed by atoms with Gasteiger partial charge in [0.25, 0.3) is 0 Å². The molecule has 72 valence electrons. The van der Waals surface area contributed by atoms with Crippen LogP contribution in [-0.2, 0) is 0 Å². The molecule has 0 unspecified atom stereocenters.